The largest absolute Gasteiger partial charge is 0.342 e. The standard InChI is InChI=1S/C14H17BrN2O/c1-2-14(18)17-7-10-3-9-5-16-6-13(15)12(9)4-11(10)8-17/h5-6,10-11H,2-4,7-8H2,1H3. The Morgan fingerprint density at radius 2 is 2.11 bits per heavy atom. The minimum absolute atomic E-state index is 0.297. The molecular weight excluding hydrogens is 292 g/mol. The highest BCUT2D eigenvalue weighted by Crippen LogP contribution is 2.38. The third-order valence-corrected chi connectivity index (χ3v) is 4.96. The molecule has 2 atom stereocenters. The number of amides is 1. The molecule has 96 valence electrons. The molecule has 0 radical (unpaired) electrons. The Morgan fingerprint density at radius 3 is 2.83 bits per heavy atom. The molecule has 1 aliphatic heterocycles. The Hall–Kier alpha value is -0.900. The summed E-state index contributed by atoms with van der Waals surface area (Å²) in [6.45, 7) is 3.81. The van der Waals surface area contributed by atoms with Crippen LogP contribution in [0.3, 0.4) is 0 Å². The monoisotopic (exact) mass is 308 g/mol. The average Bonchev–Trinajstić information content (AvgIpc) is 2.79. The van der Waals surface area contributed by atoms with Gasteiger partial charge in [-0.3, -0.25) is 9.78 Å². The van der Waals surface area contributed by atoms with Crippen molar-refractivity contribution in [2.24, 2.45) is 11.8 Å². The number of carbonyl (C=O) groups is 1. The van der Waals surface area contributed by atoms with E-state index in [-0.39, 0.29) is 0 Å². The van der Waals surface area contributed by atoms with Crippen molar-refractivity contribution < 1.29 is 4.79 Å². The first-order valence-electron chi connectivity index (χ1n) is 6.58. The van der Waals surface area contributed by atoms with E-state index in [1.807, 2.05) is 24.2 Å². The van der Waals surface area contributed by atoms with Crippen molar-refractivity contribution in [1.82, 2.24) is 9.88 Å². The van der Waals surface area contributed by atoms with Crippen LogP contribution in [0.1, 0.15) is 24.5 Å². The summed E-state index contributed by atoms with van der Waals surface area (Å²) in [5.41, 5.74) is 2.76. The number of carbonyl (C=O) groups excluding carboxylic acids is 1. The fraction of sp³-hybridized carbons (Fsp3) is 0.571. The van der Waals surface area contributed by atoms with Gasteiger partial charge in [-0.1, -0.05) is 6.92 Å². The number of rotatable bonds is 1. The molecule has 18 heavy (non-hydrogen) atoms. The van der Waals surface area contributed by atoms with E-state index in [2.05, 4.69) is 20.9 Å². The zero-order valence-corrected chi connectivity index (χ0v) is 12.1. The summed E-state index contributed by atoms with van der Waals surface area (Å²) < 4.78 is 1.12. The molecule has 2 heterocycles. The highest BCUT2D eigenvalue weighted by Gasteiger charge is 2.38. The molecule has 1 amide bonds. The van der Waals surface area contributed by atoms with Crippen molar-refractivity contribution in [2.75, 3.05) is 13.1 Å². The molecule has 4 heteroatoms. The van der Waals surface area contributed by atoms with Crippen molar-refractivity contribution in [3.8, 4) is 0 Å². The third kappa shape index (κ3) is 1.96. The number of nitrogens with zero attached hydrogens (tertiary/aromatic N) is 2. The molecule has 2 aliphatic rings. The highest BCUT2D eigenvalue weighted by molar-refractivity contribution is 9.10. The van der Waals surface area contributed by atoms with E-state index in [0.29, 0.717) is 24.2 Å². The Labute approximate surface area is 116 Å². The van der Waals surface area contributed by atoms with Crippen LogP contribution in [0.2, 0.25) is 0 Å². The quantitative estimate of drug-likeness (QED) is 0.798. The Balaban J connectivity index is 1.82. The maximum Gasteiger partial charge on any atom is 0.222 e. The Bertz CT molecular complexity index is 489. The summed E-state index contributed by atoms with van der Waals surface area (Å²) in [6.07, 6.45) is 6.64. The van der Waals surface area contributed by atoms with Crippen molar-refractivity contribution in [2.45, 2.75) is 26.2 Å². The molecule has 3 nitrogen and oxygen atoms in total. The van der Waals surface area contributed by atoms with E-state index in [9.17, 15) is 4.79 Å². The first-order valence-corrected chi connectivity index (χ1v) is 7.37. The summed E-state index contributed by atoms with van der Waals surface area (Å²) in [7, 11) is 0. The van der Waals surface area contributed by atoms with Gasteiger partial charge in [0.2, 0.25) is 5.91 Å². The van der Waals surface area contributed by atoms with E-state index in [1.54, 1.807) is 0 Å². The van der Waals surface area contributed by atoms with Gasteiger partial charge >= 0.3 is 0 Å². The molecule has 0 bridgehead atoms. The number of hydrogen-bond acceptors (Lipinski definition) is 2. The summed E-state index contributed by atoms with van der Waals surface area (Å²) in [4.78, 5) is 18.1. The first kappa shape index (κ1) is 12.2. The second-order valence-corrected chi connectivity index (χ2v) is 6.19. The molecule has 0 aromatic carbocycles. The Morgan fingerprint density at radius 1 is 1.39 bits per heavy atom. The molecule has 1 aliphatic carbocycles. The van der Waals surface area contributed by atoms with Gasteiger partial charge in [-0.05, 0) is 51.7 Å². The second-order valence-electron chi connectivity index (χ2n) is 5.34. The summed E-state index contributed by atoms with van der Waals surface area (Å²) in [5.74, 6) is 1.56. The number of hydrogen-bond donors (Lipinski definition) is 0. The summed E-state index contributed by atoms with van der Waals surface area (Å²) in [5, 5.41) is 0. The van der Waals surface area contributed by atoms with Gasteiger partial charge in [0.05, 0.1) is 0 Å². The molecule has 2 unspecified atom stereocenters. The molecule has 0 saturated carbocycles. The SMILES string of the molecule is CCC(=O)N1CC2Cc3cncc(Br)c3CC2C1. The van der Waals surface area contributed by atoms with Crippen LogP contribution in [0.5, 0.6) is 0 Å². The molecule has 1 fully saturated rings. The Kier molecular flexibility index (Phi) is 3.14. The minimum atomic E-state index is 0.297. The van der Waals surface area contributed by atoms with Gasteiger partial charge in [0.15, 0.2) is 0 Å². The van der Waals surface area contributed by atoms with Crippen LogP contribution in [0.25, 0.3) is 0 Å². The van der Waals surface area contributed by atoms with Gasteiger partial charge in [-0.2, -0.15) is 0 Å². The molecule has 0 spiro atoms. The zero-order chi connectivity index (χ0) is 12.7. The number of pyridine rings is 1. The number of aromatic nitrogens is 1. The van der Waals surface area contributed by atoms with Crippen LogP contribution in [0, 0.1) is 11.8 Å². The van der Waals surface area contributed by atoms with Gasteiger partial charge in [-0.25, -0.2) is 0 Å². The van der Waals surface area contributed by atoms with Crippen LogP contribution in [-0.2, 0) is 17.6 Å². The van der Waals surface area contributed by atoms with Crippen molar-refractivity contribution >= 4 is 21.8 Å². The van der Waals surface area contributed by atoms with Gasteiger partial charge in [0.25, 0.3) is 0 Å². The lowest BCUT2D eigenvalue weighted by molar-refractivity contribution is -0.130. The van der Waals surface area contributed by atoms with Crippen LogP contribution in [-0.4, -0.2) is 28.9 Å². The van der Waals surface area contributed by atoms with Gasteiger partial charge in [-0.15, -0.1) is 0 Å². The van der Waals surface area contributed by atoms with E-state index in [4.69, 9.17) is 0 Å². The lowest BCUT2D eigenvalue weighted by atomic mass is 9.79. The number of likely N-dealkylation sites (tertiary alicyclic amines) is 1. The molecule has 1 aromatic rings. The lowest BCUT2D eigenvalue weighted by Crippen LogP contribution is -2.28. The number of halogens is 1. The normalized spacial score (nSPS) is 25.8. The van der Waals surface area contributed by atoms with Gasteiger partial charge in [0, 0.05) is 36.4 Å². The fourth-order valence-electron chi connectivity index (χ4n) is 3.28. The third-order valence-electron chi connectivity index (χ3n) is 4.27. The van der Waals surface area contributed by atoms with Crippen molar-refractivity contribution in [3.63, 3.8) is 0 Å². The number of fused-ring (bicyclic) bond motifs is 2. The second kappa shape index (κ2) is 4.65. The summed E-state index contributed by atoms with van der Waals surface area (Å²) in [6, 6.07) is 0. The zero-order valence-electron chi connectivity index (χ0n) is 10.5. The molecule has 3 rings (SSSR count). The van der Waals surface area contributed by atoms with Crippen LogP contribution in [0.15, 0.2) is 16.9 Å². The molecule has 1 aromatic heterocycles. The van der Waals surface area contributed by atoms with Crippen molar-refractivity contribution in [1.29, 1.82) is 0 Å². The first-order chi connectivity index (χ1) is 8.69. The lowest BCUT2D eigenvalue weighted by Gasteiger charge is -2.26. The molecular formula is C14H17BrN2O. The maximum atomic E-state index is 11.8. The molecule has 1 saturated heterocycles. The van der Waals surface area contributed by atoms with Crippen LogP contribution >= 0.6 is 15.9 Å². The van der Waals surface area contributed by atoms with E-state index < -0.39 is 0 Å². The smallest absolute Gasteiger partial charge is 0.222 e. The van der Waals surface area contributed by atoms with Crippen LogP contribution in [0.4, 0.5) is 0 Å². The topological polar surface area (TPSA) is 33.2 Å². The fourth-order valence-corrected chi connectivity index (χ4v) is 3.81. The van der Waals surface area contributed by atoms with E-state index in [1.165, 1.54) is 11.1 Å². The van der Waals surface area contributed by atoms with E-state index in [0.717, 1.165) is 30.4 Å². The van der Waals surface area contributed by atoms with Gasteiger partial charge < -0.3 is 4.90 Å². The van der Waals surface area contributed by atoms with E-state index >= 15 is 0 Å². The average molecular weight is 309 g/mol. The molecule has 0 N–H and O–H groups in total. The van der Waals surface area contributed by atoms with Crippen LogP contribution < -0.4 is 0 Å². The minimum Gasteiger partial charge on any atom is -0.342 e. The predicted octanol–water partition coefficient (Wildman–Crippen LogP) is 2.43. The highest BCUT2D eigenvalue weighted by atomic mass is 79.9. The summed E-state index contributed by atoms with van der Waals surface area (Å²) >= 11 is 3.59. The van der Waals surface area contributed by atoms with Gasteiger partial charge in [0.1, 0.15) is 0 Å². The predicted molar refractivity (Wildman–Crippen MR) is 73.2 cm³/mol. The van der Waals surface area contributed by atoms with Crippen molar-refractivity contribution in [3.05, 3.63) is 28.0 Å². The maximum absolute atomic E-state index is 11.8.